The summed E-state index contributed by atoms with van der Waals surface area (Å²) < 4.78 is 0. The number of anilines is 1. The van der Waals surface area contributed by atoms with Crippen LogP contribution in [-0.4, -0.2) is 28.0 Å². The number of rotatable bonds is 5. The molecule has 0 saturated heterocycles. The molecule has 0 aliphatic rings. The Hall–Kier alpha value is -1.62. The highest BCUT2D eigenvalue weighted by molar-refractivity contribution is 5.86. The van der Waals surface area contributed by atoms with Gasteiger partial charge >= 0.3 is 0 Å². The van der Waals surface area contributed by atoms with Crippen LogP contribution >= 0.6 is 0 Å². The van der Waals surface area contributed by atoms with Crippen molar-refractivity contribution in [3.8, 4) is 0 Å². The van der Waals surface area contributed by atoms with Gasteiger partial charge in [0.2, 0.25) is 0 Å². The third-order valence-corrected chi connectivity index (χ3v) is 2.79. The van der Waals surface area contributed by atoms with Crippen molar-refractivity contribution in [1.82, 2.24) is 20.4 Å². The predicted molar refractivity (Wildman–Crippen MR) is 69.8 cm³/mol. The second-order valence-electron chi connectivity index (χ2n) is 4.32. The zero-order valence-electron chi connectivity index (χ0n) is 10.6. The molecule has 0 radical (unpaired) electrons. The average Bonchev–Trinajstić information content (AvgIpc) is 2.76. The van der Waals surface area contributed by atoms with E-state index in [1.807, 2.05) is 24.3 Å². The van der Waals surface area contributed by atoms with Crippen LogP contribution in [0.25, 0.3) is 11.0 Å². The van der Waals surface area contributed by atoms with E-state index >= 15 is 0 Å². The minimum absolute atomic E-state index is 0.439. The number of fused-ring (bicyclic) bond motifs is 1. The highest BCUT2D eigenvalue weighted by Gasteiger charge is 2.10. The van der Waals surface area contributed by atoms with Gasteiger partial charge in [-0.15, -0.1) is 0 Å². The normalized spacial score (nSPS) is 12.9. The maximum absolute atomic E-state index is 4.32. The van der Waals surface area contributed by atoms with E-state index in [2.05, 4.69) is 34.2 Å². The topological polar surface area (TPSA) is 56.8 Å². The first-order valence-corrected chi connectivity index (χ1v) is 6.00. The van der Waals surface area contributed by atoms with Gasteiger partial charge in [-0.3, -0.25) is 5.01 Å². The summed E-state index contributed by atoms with van der Waals surface area (Å²) in [7, 11) is 1.99. The molecule has 0 fully saturated rings. The van der Waals surface area contributed by atoms with E-state index in [-0.39, 0.29) is 0 Å². The Kier molecular flexibility index (Phi) is 3.58. The third-order valence-electron chi connectivity index (χ3n) is 2.79. The van der Waals surface area contributed by atoms with Crippen molar-refractivity contribution in [2.24, 2.45) is 0 Å². The SMILES string of the molecule is CCCC(C)NN(C)c1ncnc2[nH]ccc12. The number of H-pyrrole nitrogens is 1. The fraction of sp³-hybridized carbons (Fsp3) is 0.500. The molecule has 17 heavy (non-hydrogen) atoms. The molecule has 0 aromatic carbocycles. The molecule has 1 atom stereocenters. The van der Waals surface area contributed by atoms with Gasteiger partial charge in [0.05, 0.1) is 5.39 Å². The van der Waals surface area contributed by atoms with E-state index in [0.29, 0.717) is 6.04 Å². The average molecular weight is 233 g/mol. The summed E-state index contributed by atoms with van der Waals surface area (Å²) in [6, 6.07) is 2.43. The quantitative estimate of drug-likeness (QED) is 0.776. The minimum Gasteiger partial charge on any atom is -0.346 e. The molecule has 0 spiro atoms. The van der Waals surface area contributed by atoms with Gasteiger partial charge in [-0.05, 0) is 19.4 Å². The number of aromatic amines is 1. The molecule has 0 aliphatic heterocycles. The van der Waals surface area contributed by atoms with Crippen molar-refractivity contribution in [3.63, 3.8) is 0 Å². The van der Waals surface area contributed by atoms with Gasteiger partial charge in [0.25, 0.3) is 0 Å². The summed E-state index contributed by atoms with van der Waals surface area (Å²) in [4.78, 5) is 11.6. The number of nitrogens with zero attached hydrogens (tertiary/aromatic N) is 3. The zero-order chi connectivity index (χ0) is 12.3. The smallest absolute Gasteiger partial charge is 0.155 e. The molecule has 2 N–H and O–H groups in total. The summed E-state index contributed by atoms with van der Waals surface area (Å²) in [6.45, 7) is 4.36. The Bertz CT molecular complexity index is 478. The molecule has 0 aliphatic carbocycles. The fourth-order valence-corrected chi connectivity index (χ4v) is 2.02. The molecule has 2 aromatic rings. The lowest BCUT2D eigenvalue weighted by atomic mass is 10.2. The van der Waals surface area contributed by atoms with Crippen molar-refractivity contribution < 1.29 is 0 Å². The van der Waals surface area contributed by atoms with Gasteiger partial charge in [0.1, 0.15) is 12.0 Å². The second-order valence-corrected chi connectivity index (χ2v) is 4.32. The van der Waals surface area contributed by atoms with Crippen LogP contribution in [0.3, 0.4) is 0 Å². The molecule has 2 rings (SSSR count). The highest BCUT2D eigenvalue weighted by atomic mass is 15.5. The summed E-state index contributed by atoms with van der Waals surface area (Å²) in [5, 5.41) is 3.00. The van der Waals surface area contributed by atoms with Crippen LogP contribution in [0.2, 0.25) is 0 Å². The molecule has 1 unspecified atom stereocenters. The molecule has 2 aromatic heterocycles. The van der Waals surface area contributed by atoms with Gasteiger partial charge in [-0.25, -0.2) is 15.4 Å². The summed E-state index contributed by atoms with van der Waals surface area (Å²) >= 11 is 0. The number of aromatic nitrogens is 3. The zero-order valence-corrected chi connectivity index (χ0v) is 10.6. The van der Waals surface area contributed by atoms with Gasteiger partial charge in [-0.1, -0.05) is 13.3 Å². The van der Waals surface area contributed by atoms with E-state index in [1.54, 1.807) is 6.33 Å². The predicted octanol–water partition coefficient (Wildman–Crippen LogP) is 2.09. The van der Waals surface area contributed by atoms with E-state index in [4.69, 9.17) is 0 Å². The van der Waals surface area contributed by atoms with Gasteiger partial charge < -0.3 is 4.98 Å². The molecule has 0 amide bonds. The van der Waals surface area contributed by atoms with Crippen molar-refractivity contribution >= 4 is 16.9 Å². The molecular weight excluding hydrogens is 214 g/mol. The van der Waals surface area contributed by atoms with E-state index in [1.165, 1.54) is 6.42 Å². The Morgan fingerprint density at radius 1 is 1.47 bits per heavy atom. The van der Waals surface area contributed by atoms with E-state index in [9.17, 15) is 0 Å². The summed E-state index contributed by atoms with van der Waals surface area (Å²) in [5.41, 5.74) is 4.28. The van der Waals surface area contributed by atoms with E-state index < -0.39 is 0 Å². The Labute approximate surface area is 101 Å². The molecule has 2 heterocycles. The lowest BCUT2D eigenvalue weighted by Gasteiger charge is -2.24. The van der Waals surface area contributed by atoms with Gasteiger partial charge in [0, 0.05) is 19.3 Å². The largest absolute Gasteiger partial charge is 0.346 e. The monoisotopic (exact) mass is 233 g/mol. The Morgan fingerprint density at radius 2 is 2.29 bits per heavy atom. The molecule has 92 valence electrons. The molecule has 0 saturated carbocycles. The number of hydrogen-bond acceptors (Lipinski definition) is 4. The standard InChI is InChI=1S/C12H19N5/c1-4-5-9(2)16-17(3)12-10-6-7-13-11(10)14-8-15-12/h6-9,16H,4-5H2,1-3H3,(H,13,14,15). The first-order chi connectivity index (χ1) is 8.22. The maximum atomic E-state index is 4.32. The van der Waals surface area contributed by atoms with Crippen molar-refractivity contribution in [2.75, 3.05) is 12.1 Å². The molecule has 5 nitrogen and oxygen atoms in total. The van der Waals surface area contributed by atoms with Crippen molar-refractivity contribution in [3.05, 3.63) is 18.6 Å². The Balaban J connectivity index is 2.18. The van der Waals surface area contributed by atoms with Crippen LogP contribution in [0.1, 0.15) is 26.7 Å². The number of hydrazine groups is 1. The number of hydrogen-bond donors (Lipinski definition) is 2. The van der Waals surface area contributed by atoms with Crippen LogP contribution in [0.5, 0.6) is 0 Å². The van der Waals surface area contributed by atoms with Crippen LogP contribution in [0.15, 0.2) is 18.6 Å². The van der Waals surface area contributed by atoms with Crippen molar-refractivity contribution in [2.45, 2.75) is 32.7 Å². The maximum Gasteiger partial charge on any atom is 0.155 e. The number of nitrogens with one attached hydrogen (secondary N) is 2. The summed E-state index contributed by atoms with van der Waals surface area (Å²) in [6.07, 6.45) is 5.78. The van der Waals surface area contributed by atoms with Crippen LogP contribution in [0, 0.1) is 0 Å². The fourth-order valence-electron chi connectivity index (χ4n) is 2.02. The Morgan fingerprint density at radius 3 is 3.06 bits per heavy atom. The lowest BCUT2D eigenvalue weighted by Crippen LogP contribution is -2.41. The van der Waals surface area contributed by atoms with Crippen molar-refractivity contribution in [1.29, 1.82) is 0 Å². The van der Waals surface area contributed by atoms with Gasteiger partial charge in [0.15, 0.2) is 5.82 Å². The van der Waals surface area contributed by atoms with Crippen LogP contribution < -0.4 is 10.4 Å². The second kappa shape index (κ2) is 5.14. The molecule has 0 bridgehead atoms. The lowest BCUT2D eigenvalue weighted by molar-refractivity contribution is 0.502. The first kappa shape index (κ1) is 11.9. The summed E-state index contributed by atoms with van der Waals surface area (Å²) in [5.74, 6) is 0.902. The molecular formula is C12H19N5. The van der Waals surface area contributed by atoms with Crippen LogP contribution in [0.4, 0.5) is 5.82 Å². The molecule has 5 heteroatoms. The van der Waals surface area contributed by atoms with E-state index in [0.717, 1.165) is 23.3 Å². The third kappa shape index (κ3) is 2.55. The first-order valence-electron chi connectivity index (χ1n) is 6.00. The van der Waals surface area contributed by atoms with Crippen LogP contribution in [-0.2, 0) is 0 Å². The van der Waals surface area contributed by atoms with Gasteiger partial charge in [-0.2, -0.15) is 0 Å². The minimum atomic E-state index is 0.439. The highest BCUT2D eigenvalue weighted by Crippen LogP contribution is 2.19.